The van der Waals surface area contributed by atoms with Crippen LogP contribution in [-0.4, -0.2) is 39.4 Å². The zero-order valence-electron chi connectivity index (χ0n) is 15.3. The minimum Gasteiger partial charge on any atom is -0.497 e. The molecule has 0 radical (unpaired) electrons. The van der Waals surface area contributed by atoms with Crippen molar-refractivity contribution in [2.75, 3.05) is 7.11 Å². The molecule has 2 N–H and O–H groups in total. The average Bonchev–Trinajstić information content (AvgIpc) is 2.73. The Morgan fingerprint density at radius 1 is 1.11 bits per heavy atom. The first-order valence-electron chi connectivity index (χ1n) is 8.64. The van der Waals surface area contributed by atoms with E-state index in [2.05, 4.69) is 9.97 Å². The topological polar surface area (TPSA) is 102 Å². The molecule has 0 fully saturated rings. The van der Waals surface area contributed by atoms with Gasteiger partial charge in [-0.25, -0.2) is 14.8 Å². The third kappa shape index (κ3) is 4.83. The Balaban J connectivity index is 1.72. The third-order valence-corrected chi connectivity index (χ3v) is 4.11. The minimum absolute atomic E-state index is 0.0353. The van der Waals surface area contributed by atoms with Gasteiger partial charge in [-0.05, 0) is 42.0 Å². The first-order valence-corrected chi connectivity index (χ1v) is 8.64. The lowest BCUT2D eigenvalue weighted by Gasteiger charge is -2.13. The molecule has 3 rings (SSSR count). The van der Waals surface area contributed by atoms with E-state index in [0.29, 0.717) is 22.8 Å². The number of nitrogens with zero attached hydrogens (tertiary/aromatic N) is 2. The second-order valence-corrected chi connectivity index (χ2v) is 6.05. The van der Waals surface area contributed by atoms with Gasteiger partial charge in [-0.2, -0.15) is 0 Å². The highest BCUT2D eigenvalue weighted by atomic mass is 16.5. The highest BCUT2D eigenvalue weighted by molar-refractivity contribution is 5.72. The van der Waals surface area contributed by atoms with Crippen LogP contribution in [0.2, 0.25) is 0 Å². The van der Waals surface area contributed by atoms with Crippen molar-refractivity contribution in [2.45, 2.75) is 19.1 Å². The van der Waals surface area contributed by atoms with E-state index in [9.17, 15) is 9.90 Å². The molecule has 0 saturated carbocycles. The van der Waals surface area contributed by atoms with Gasteiger partial charge in [0.05, 0.1) is 12.8 Å². The molecule has 144 valence electrons. The average molecular weight is 380 g/mol. The van der Waals surface area contributed by atoms with Gasteiger partial charge in [0.25, 0.3) is 0 Å². The van der Waals surface area contributed by atoms with Crippen LogP contribution in [0.4, 0.5) is 0 Å². The van der Waals surface area contributed by atoms with Gasteiger partial charge in [-0.15, -0.1) is 0 Å². The fourth-order valence-corrected chi connectivity index (χ4v) is 2.62. The molecule has 1 atom stereocenters. The molecule has 1 aromatic heterocycles. The monoisotopic (exact) mass is 380 g/mol. The van der Waals surface area contributed by atoms with Crippen LogP contribution in [0, 0.1) is 0 Å². The maximum Gasteiger partial charge on any atom is 0.332 e. The first kappa shape index (κ1) is 19.3. The Morgan fingerprint density at radius 2 is 1.86 bits per heavy atom. The van der Waals surface area contributed by atoms with E-state index in [1.807, 2.05) is 24.3 Å². The number of carboxylic acids is 1. The molecule has 7 nitrogen and oxygen atoms in total. The smallest absolute Gasteiger partial charge is 0.332 e. The Labute approximate surface area is 162 Å². The number of ether oxygens (including phenoxy) is 2. The van der Waals surface area contributed by atoms with Crippen molar-refractivity contribution in [1.82, 2.24) is 9.97 Å². The molecule has 7 heteroatoms. The maximum absolute atomic E-state index is 10.9. The number of aliphatic hydroxyl groups excluding tert-OH is 1. The number of hydrogen-bond donors (Lipinski definition) is 2. The second kappa shape index (κ2) is 8.96. The minimum atomic E-state index is -1.48. The number of benzene rings is 2. The molecule has 0 aliphatic rings. The van der Waals surface area contributed by atoms with Crippen molar-refractivity contribution < 1.29 is 24.5 Å². The Kier molecular flexibility index (Phi) is 6.18. The molecule has 3 aromatic rings. The van der Waals surface area contributed by atoms with Crippen LogP contribution in [0.1, 0.15) is 11.3 Å². The first-order chi connectivity index (χ1) is 13.6. The third-order valence-electron chi connectivity index (χ3n) is 4.11. The lowest BCUT2D eigenvalue weighted by molar-refractivity contribution is -0.146. The number of para-hydroxylation sites is 1. The summed E-state index contributed by atoms with van der Waals surface area (Å²) in [4.78, 5) is 19.7. The fourth-order valence-electron chi connectivity index (χ4n) is 2.62. The van der Waals surface area contributed by atoms with Gasteiger partial charge in [0.2, 0.25) is 0 Å². The molecule has 1 heterocycles. The van der Waals surface area contributed by atoms with Crippen molar-refractivity contribution in [3.63, 3.8) is 0 Å². The van der Waals surface area contributed by atoms with E-state index in [1.54, 1.807) is 43.6 Å². The summed E-state index contributed by atoms with van der Waals surface area (Å²) in [5.74, 6) is 0.559. The lowest BCUT2D eigenvalue weighted by atomic mass is 10.1. The number of hydrogen-bond acceptors (Lipinski definition) is 6. The predicted molar refractivity (Wildman–Crippen MR) is 102 cm³/mol. The molecule has 0 spiro atoms. The molecule has 1 unspecified atom stereocenters. The summed E-state index contributed by atoms with van der Waals surface area (Å²) in [6.45, 7) is 0.186. The highest BCUT2D eigenvalue weighted by Gasteiger charge is 2.16. The molecule has 0 bridgehead atoms. The maximum atomic E-state index is 10.9. The molecule has 2 aromatic carbocycles. The van der Waals surface area contributed by atoms with Crippen LogP contribution in [-0.2, 0) is 17.8 Å². The van der Waals surface area contributed by atoms with Crippen LogP contribution >= 0.6 is 0 Å². The number of aliphatic carboxylic acids is 1. The van der Waals surface area contributed by atoms with Gasteiger partial charge in [0.1, 0.15) is 18.1 Å². The molecule has 28 heavy (non-hydrogen) atoms. The van der Waals surface area contributed by atoms with Crippen LogP contribution < -0.4 is 9.47 Å². The van der Waals surface area contributed by atoms with E-state index in [1.165, 1.54) is 0 Å². The van der Waals surface area contributed by atoms with Crippen molar-refractivity contribution in [3.05, 3.63) is 72.1 Å². The summed E-state index contributed by atoms with van der Waals surface area (Å²) in [6, 6.07) is 16.2. The molecule has 0 aliphatic carbocycles. The zero-order chi connectivity index (χ0) is 19.9. The fraction of sp³-hybridized carbons (Fsp3) is 0.190. The van der Waals surface area contributed by atoms with Crippen LogP contribution in [0.25, 0.3) is 11.4 Å². The number of aromatic nitrogens is 2. The summed E-state index contributed by atoms with van der Waals surface area (Å²) in [6.07, 6.45) is 0.142. The lowest BCUT2D eigenvalue weighted by Crippen LogP contribution is -2.22. The van der Waals surface area contributed by atoms with Gasteiger partial charge < -0.3 is 19.7 Å². The van der Waals surface area contributed by atoms with E-state index >= 15 is 0 Å². The Hall–Kier alpha value is -3.45. The van der Waals surface area contributed by atoms with E-state index in [-0.39, 0.29) is 13.0 Å². The SMILES string of the molecule is COc1ccc(-c2nccc(COc3ccccc3CC(O)C(=O)O)n2)cc1. The van der Waals surface area contributed by atoms with Crippen LogP contribution in [0.3, 0.4) is 0 Å². The summed E-state index contributed by atoms with van der Waals surface area (Å²) < 4.78 is 11.0. The number of rotatable bonds is 8. The van der Waals surface area contributed by atoms with Gasteiger partial charge in [-0.1, -0.05) is 18.2 Å². The standard InChI is InChI=1S/C21H20N2O5/c1-27-17-8-6-14(7-9-17)20-22-11-10-16(23-20)13-28-19-5-3-2-4-15(19)12-18(24)21(25)26/h2-11,18,24H,12-13H2,1H3,(H,25,26). The summed E-state index contributed by atoms with van der Waals surface area (Å²) in [5.41, 5.74) is 2.14. The van der Waals surface area contributed by atoms with Crippen molar-refractivity contribution in [3.8, 4) is 22.9 Å². The predicted octanol–water partition coefficient (Wildman–Crippen LogP) is 2.72. The quantitative estimate of drug-likeness (QED) is 0.619. The van der Waals surface area contributed by atoms with Gasteiger partial charge in [-0.3, -0.25) is 0 Å². The van der Waals surface area contributed by atoms with Gasteiger partial charge in [0.15, 0.2) is 11.9 Å². The number of aliphatic hydroxyl groups is 1. The van der Waals surface area contributed by atoms with Crippen molar-refractivity contribution >= 4 is 5.97 Å². The van der Waals surface area contributed by atoms with Crippen molar-refractivity contribution in [1.29, 1.82) is 0 Å². The molecular weight excluding hydrogens is 360 g/mol. The zero-order valence-corrected chi connectivity index (χ0v) is 15.3. The number of methoxy groups -OCH3 is 1. The summed E-state index contributed by atoms with van der Waals surface area (Å²) in [7, 11) is 1.61. The van der Waals surface area contributed by atoms with E-state index < -0.39 is 12.1 Å². The van der Waals surface area contributed by atoms with E-state index in [4.69, 9.17) is 14.6 Å². The summed E-state index contributed by atoms with van der Waals surface area (Å²) >= 11 is 0. The van der Waals surface area contributed by atoms with Gasteiger partial charge >= 0.3 is 5.97 Å². The molecule has 0 saturated heterocycles. The number of carbonyl (C=O) groups is 1. The largest absolute Gasteiger partial charge is 0.497 e. The van der Waals surface area contributed by atoms with E-state index in [0.717, 1.165) is 11.3 Å². The van der Waals surface area contributed by atoms with Crippen LogP contribution in [0.5, 0.6) is 11.5 Å². The van der Waals surface area contributed by atoms with Crippen molar-refractivity contribution in [2.24, 2.45) is 0 Å². The van der Waals surface area contributed by atoms with Crippen LogP contribution in [0.15, 0.2) is 60.8 Å². The Bertz CT molecular complexity index is 944. The number of carboxylic acid groups (broad SMARTS) is 1. The molecular formula is C21H20N2O5. The second-order valence-electron chi connectivity index (χ2n) is 6.05. The van der Waals surface area contributed by atoms with Gasteiger partial charge in [0, 0.05) is 18.2 Å². The summed E-state index contributed by atoms with van der Waals surface area (Å²) in [5, 5.41) is 18.5. The normalized spacial score (nSPS) is 11.6. The molecule has 0 amide bonds. The molecule has 0 aliphatic heterocycles. The highest BCUT2D eigenvalue weighted by Crippen LogP contribution is 2.22. The Morgan fingerprint density at radius 3 is 2.57 bits per heavy atom.